The Balaban J connectivity index is 1.34. The van der Waals surface area contributed by atoms with Crippen LogP contribution in [0.5, 0.6) is 5.88 Å². The van der Waals surface area contributed by atoms with Crippen LogP contribution in [0.15, 0.2) is 53.2 Å². The Hall–Kier alpha value is -3.93. The van der Waals surface area contributed by atoms with E-state index in [1.165, 1.54) is 5.56 Å². The van der Waals surface area contributed by atoms with Crippen LogP contribution in [0.2, 0.25) is 0 Å². The summed E-state index contributed by atoms with van der Waals surface area (Å²) < 4.78 is 23.8. The first-order valence-electron chi connectivity index (χ1n) is 12.5. The normalized spacial score (nSPS) is 12.4. The van der Waals surface area contributed by atoms with Gasteiger partial charge in [0.2, 0.25) is 11.7 Å². The first-order valence-corrected chi connectivity index (χ1v) is 12.5. The molecule has 0 aliphatic carbocycles. The minimum absolute atomic E-state index is 0.228. The predicted molar refractivity (Wildman–Crippen MR) is 141 cm³/mol. The van der Waals surface area contributed by atoms with Crippen molar-refractivity contribution in [2.24, 2.45) is 0 Å². The molecule has 4 aromatic heterocycles. The van der Waals surface area contributed by atoms with E-state index in [1.54, 1.807) is 24.8 Å². The lowest BCUT2D eigenvalue weighted by Crippen LogP contribution is -2.19. The number of hydrogen-bond donors (Lipinski definition) is 1. The van der Waals surface area contributed by atoms with Crippen LogP contribution in [-0.4, -0.2) is 63.9 Å². The highest BCUT2D eigenvalue weighted by Crippen LogP contribution is 2.29. The van der Waals surface area contributed by atoms with Crippen LogP contribution in [0, 0.1) is 0 Å². The monoisotopic (exact) mass is 517 g/mol. The van der Waals surface area contributed by atoms with E-state index in [1.807, 2.05) is 43.6 Å². The van der Waals surface area contributed by atoms with E-state index in [2.05, 4.69) is 31.7 Å². The molecule has 4 heterocycles. The van der Waals surface area contributed by atoms with Gasteiger partial charge in [-0.25, -0.2) is 0 Å². The number of nitrogens with zero attached hydrogens (tertiary/aromatic N) is 6. The summed E-state index contributed by atoms with van der Waals surface area (Å²) in [6.07, 6.45) is 4.97. The lowest BCUT2D eigenvalue weighted by molar-refractivity contribution is 0.0887. The second-order valence-corrected chi connectivity index (χ2v) is 8.96. The zero-order chi connectivity index (χ0) is 26.3. The SMILES string of the molecule is CNCCC(CCc1ccc(COc2nn3c(-c4cc(COC)on4)nnc3c3ccccc23)nc1)OC. The van der Waals surface area contributed by atoms with Gasteiger partial charge in [0.15, 0.2) is 17.1 Å². The van der Waals surface area contributed by atoms with Gasteiger partial charge < -0.3 is 24.1 Å². The molecular weight excluding hydrogens is 486 g/mol. The van der Waals surface area contributed by atoms with Crippen molar-refractivity contribution in [1.29, 1.82) is 0 Å². The number of nitrogens with one attached hydrogen (secondary N) is 1. The minimum atomic E-state index is 0.228. The van der Waals surface area contributed by atoms with E-state index in [4.69, 9.17) is 23.8 Å². The molecule has 0 amide bonds. The van der Waals surface area contributed by atoms with E-state index >= 15 is 0 Å². The average Bonchev–Trinajstić information content (AvgIpc) is 3.60. The molecule has 0 fully saturated rings. The number of aryl methyl sites for hydroxylation is 1. The molecule has 1 unspecified atom stereocenters. The largest absolute Gasteiger partial charge is 0.470 e. The zero-order valence-corrected chi connectivity index (χ0v) is 21.8. The summed E-state index contributed by atoms with van der Waals surface area (Å²) in [5.74, 6) is 1.49. The number of benzene rings is 1. The number of aromatic nitrogens is 6. The van der Waals surface area contributed by atoms with Gasteiger partial charge in [-0.3, -0.25) is 4.98 Å². The summed E-state index contributed by atoms with van der Waals surface area (Å²) in [5.41, 5.74) is 3.09. The van der Waals surface area contributed by atoms with Crippen LogP contribution in [0.25, 0.3) is 27.9 Å². The highest BCUT2D eigenvalue weighted by atomic mass is 16.5. The van der Waals surface area contributed by atoms with Crippen molar-refractivity contribution in [3.63, 3.8) is 0 Å². The maximum atomic E-state index is 6.18. The van der Waals surface area contributed by atoms with Crippen LogP contribution < -0.4 is 10.1 Å². The van der Waals surface area contributed by atoms with E-state index < -0.39 is 0 Å². The zero-order valence-electron chi connectivity index (χ0n) is 21.8. The molecular formula is C27H31N7O4. The van der Waals surface area contributed by atoms with Gasteiger partial charge in [0.1, 0.15) is 13.2 Å². The second-order valence-electron chi connectivity index (χ2n) is 8.96. The maximum Gasteiger partial charge on any atom is 0.240 e. The maximum absolute atomic E-state index is 6.18. The lowest BCUT2D eigenvalue weighted by Gasteiger charge is -2.15. The average molecular weight is 518 g/mol. The van der Waals surface area contributed by atoms with E-state index in [9.17, 15) is 0 Å². The molecule has 0 saturated heterocycles. The van der Waals surface area contributed by atoms with E-state index in [0.717, 1.165) is 42.3 Å². The fraction of sp³-hybridized carbons (Fsp3) is 0.370. The van der Waals surface area contributed by atoms with Gasteiger partial charge in [-0.15, -0.1) is 15.3 Å². The van der Waals surface area contributed by atoms with Gasteiger partial charge in [-0.2, -0.15) is 4.52 Å². The quantitative estimate of drug-likeness (QED) is 0.248. The van der Waals surface area contributed by atoms with Crippen molar-refractivity contribution in [2.75, 3.05) is 27.8 Å². The van der Waals surface area contributed by atoms with Crippen molar-refractivity contribution >= 4 is 16.4 Å². The molecule has 198 valence electrons. The van der Waals surface area contributed by atoms with Crippen LogP contribution in [-0.2, 0) is 29.1 Å². The van der Waals surface area contributed by atoms with Gasteiger partial charge in [0.25, 0.3) is 0 Å². The summed E-state index contributed by atoms with van der Waals surface area (Å²) in [6, 6.07) is 13.6. The summed E-state index contributed by atoms with van der Waals surface area (Å²) in [6.45, 7) is 1.51. The Morgan fingerprint density at radius 1 is 1.03 bits per heavy atom. The number of rotatable bonds is 13. The van der Waals surface area contributed by atoms with E-state index in [-0.39, 0.29) is 12.7 Å². The molecule has 1 atom stereocenters. The predicted octanol–water partition coefficient (Wildman–Crippen LogP) is 3.61. The molecule has 0 saturated carbocycles. The van der Waals surface area contributed by atoms with Gasteiger partial charge in [0, 0.05) is 37.3 Å². The molecule has 0 bridgehead atoms. The third kappa shape index (κ3) is 5.64. The van der Waals surface area contributed by atoms with E-state index in [0.29, 0.717) is 35.4 Å². The van der Waals surface area contributed by atoms with Crippen LogP contribution in [0.4, 0.5) is 0 Å². The number of pyridine rings is 1. The van der Waals surface area contributed by atoms with Crippen molar-refractivity contribution in [1.82, 2.24) is 35.3 Å². The third-order valence-corrected chi connectivity index (χ3v) is 6.35. The fourth-order valence-corrected chi connectivity index (χ4v) is 4.29. The molecule has 0 aliphatic rings. The van der Waals surface area contributed by atoms with Crippen molar-refractivity contribution in [3.8, 4) is 17.4 Å². The van der Waals surface area contributed by atoms with Gasteiger partial charge in [-0.05, 0) is 50.6 Å². The summed E-state index contributed by atoms with van der Waals surface area (Å²) >= 11 is 0. The molecule has 5 rings (SSSR count). The summed E-state index contributed by atoms with van der Waals surface area (Å²) in [4.78, 5) is 4.61. The summed E-state index contributed by atoms with van der Waals surface area (Å²) in [5, 5.41) is 22.4. The molecule has 1 N–H and O–H groups in total. The minimum Gasteiger partial charge on any atom is -0.470 e. The fourth-order valence-electron chi connectivity index (χ4n) is 4.29. The first-order chi connectivity index (χ1) is 18.7. The van der Waals surface area contributed by atoms with Gasteiger partial charge in [0.05, 0.1) is 11.8 Å². The highest BCUT2D eigenvalue weighted by molar-refractivity contribution is 5.96. The topological polar surface area (TPSA) is 122 Å². The second kappa shape index (κ2) is 12.1. The molecule has 11 heteroatoms. The number of fused-ring (bicyclic) bond motifs is 3. The molecule has 0 aliphatic heterocycles. The van der Waals surface area contributed by atoms with Gasteiger partial charge in [-0.1, -0.05) is 29.4 Å². The Kier molecular flexibility index (Phi) is 8.17. The molecule has 0 radical (unpaired) electrons. The molecule has 0 spiro atoms. The van der Waals surface area contributed by atoms with Crippen molar-refractivity contribution < 1.29 is 18.7 Å². The molecule has 11 nitrogen and oxygen atoms in total. The first kappa shape index (κ1) is 25.7. The highest BCUT2D eigenvalue weighted by Gasteiger charge is 2.19. The Morgan fingerprint density at radius 2 is 1.89 bits per heavy atom. The standard InChI is InChI=1S/C27H31N7O4/c1-28-13-12-20(36-3)11-9-18-8-10-19(29-15-18)16-37-27-23-7-5-4-6-22(23)25-30-31-26(34(25)32-27)24-14-21(17-35-2)38-33-24/h4-8,10,14-15,20,28H,9,11-13,16-17H2,1-3H3. The van der Waals surface area contributed by atoms with Crippen molar-refractivity contribution in [3.05, 3.63) is 65.7 Å². The van der Waals surface area contributed by atoms with Gasteiger partial charge >= 0.3 is 0 Å². The number of ether oxygens (including phenoxy) is 3. The van der Waals surface area contributed by atoms with Crippen molar-refractivity contribution in [2.45, 2.75) is 38.6 Å². The van der Waals surface area contributed by atoms with Crippen LogP contribution >= 0.6 is 0 Å². The smallest absolute Gasteiger partial charge is 0.240 e. The number of methoxy groups -OCH3 is 2. The Bertz CT molecular complexity index is 1480. The van der Waals surface area contributed by atoms with Crippen LogP contribution in [0.1, 0.15) is 29.9 Å². The Labute approximate surface area is 220 Å². The third-order valence-electron chi connectivity index (χ3n) is 6.35. The van der Waals surface area contributed by atoms with Crippen LogP contribution in [0.3, 0.4) is 0 Å². The number of hydrogen-bond acceptors (Lipinski definition) is 10. The Morgan fingerprint density at radius 3 is 2.66 bits per heavy atom. The molecule has 38 heavy (non-hydrogen) atoms. The lowest BCUT2D eigenvalue weighted by atomic mass is 10.1. The molecule has 5 aromatic rings. The molecule has 1 aromatic carbocycles. The summed E-state index contributed by atoms with van der Waals surface area (Å²) in [7, 11) is 5.31.